The summed E-state index contributed by atoms with van der Waals surface area (Å²) in [5.41, 5.74) is 3.19. The fraction of sp³-hybridized carbons (Fsp3) is 0.609. The number of hydrogen-bond acceptors (Lipinski definition) is 3. The maximum atomic E-state index is 13.0. The third-order valence-electron chi connectivity index (χ3n) is 6.31. The molecular formula is C23H32N2O2. The Hall–Kier alpha value is -1.81. The van der Waals surface area contributed by atoms with Gasteiger partial charge in [0.15, 0.2) is 0 Å². The summed E-state index contributed by atoms with van der Waals surface area (Å²) < 4.78 is 8.18. The van der Waals surface area contributed by atoms with Crippen molar-refractivity contribution in [1.29, 1.82) is 0 Å². The van der Waals surface area contributed by atoms with Gasteiger partial charge in [0.25, 0.3) is 0 Å². The molecule has 1 aromatic carbocycles. The second kappa shape index (κ2) is 8.47. The number of hydrogen-bond donors (Lipinski definition) is 0. The highest BCUT2D eigenvalue weighted by atomic mass is 16.5. The maximum absolute atomic E-state index is 13.0. The predicted octanol–water partition coefficient (Wildman–Crippen LogP) is 4.65. The number of unbranched alkanes of at least 4 members (excludes halogenated alkanes) is 1. The van der Waals surface area contributed by atoms with Crippen molar-refractivity contribution < 1.29 is 9.53 Å². The molecule has 3 heterocycles. The number of para-hydroxylation sites is 1. The number of esters is 1. The minimum Gasteiger partial charge on any atom is -0.462 e. The van der Waals surface area contributed by atoms with Crippen molar-refractivity contribution in [2.45, 2.75) is 58.4 Å². The van der Waals surface area contributed by atoms with Crippen molar-refractivity contribution in [1.82, 2.24) is 9.47 Å². The Morgan fingerprint density at radius 3 is 2.78 bits per heavy atom. The van der Waals surface area contributed by atoms with E-state index in [-0.39, 0.29) is 5.97 Å². The molecule has 0 radical (unpaired) electrons. The second-order valence-electron chi connectivity index (χ2n) is 8.18. The van der Waals surface area contributed by atoms with Gasteiger partial charge in [-0.15, -0.1) is 0 Å². The molecule has 2 aliphatic rings. The zero-order valence-electron chi connectivity index (χ0n) is 16.6. The summed E-state index contributed by atoms with van der Waals surface area (Å²) >= 11 is 0. The van der Waals surface area contributed by atoms with Crippen LogP contribution in [0.2, 0.25) is 0 Å². The van der Waals surface area contributed by atoms with E-state index in [4.69, 9.17) is 4.74 Å². The normalized spacial score (nSPS) is 18.6. The molecule has 1 aromatic heterocycles. The number of rotatable bonds is 6. The van der Waals surface area contributed by atoms with E-state index in [9.17, 15) is 4.79 Å². The molecular weight excluding hydrogens is 336 g/mol. The van der Waals surface area contributed by atoms with Crippen molar-refractivity contribution in [3.63, 3.8) is 0 Å². The zero-order chi connectivity index (χ0) is 18.6. The van der Waals surface area contributed by atoms with Gasteiger partial charge in [-0.25, -0.2) is 4.79 Å². The zero-order valence-corrected chi connectivity index (χ0v) is 16.6. The summed E-state index contributed by atoms with van der Waals surface area (Å²) in [6.07, 6.45) is 8.16. The number of aryl methyl sites for hydroxylation is 1. The van der Waals surface area contributed by atoms with Gasteiger partial charge in [-0.05, 0) is 70.1 Å². The summed E-state index contributed by atoms with van der Waals surface area (Å²) in [5, 5.41) is 1.06. The lowest BCUT2D eigenvalue weighted by Crippen LogP contribution is -2.36. The molecule has 0 N–H and O–H groups in total. The molecule has 1 fully saturated rings. The summed E-state index contributed by atoms with van der Waals surface area (Å²) in [6.45, 7) is 7.33. The first-order valence-electron chi connectivity index (χ1n) is 10.8. The fourth-order valence-electron chi connectivity index (χ4n) is 4.69. The maximum Gasteiger partial charge on any atom is 0.340 e. The minimum absolute atomic E-state index is 0.115. The van der Waals surface area contributed by atoms with E-state index in [2.05, 4.69) is 34.6 Å². The van der Waals surface area contributed by atoms with Crippen LogP contribution in [0.4, 0.5) is 0 Å². The molecule has 0 bridgehead atoms. The number of carbonyl (C=O) groups is 1. The quantitative estimate of drug-likeness (QED) is 0.696. The first-order chi connectivity index (χ1) is 13.3. The molecule has 27 heavy (non-hydrogen) atoms. The van der Waals surface area contributed by atoms with Gasteiger partial charge < -0.3 is 14.2 Å². The van der Waals surface area contributed by atoms with Gasteiger partial charge in [-0.3, -0.25) is 0 Å². The van der Waals surface area contributed by atoms with Gasteiger partial charge in [0.05, 0.1) is 12.2 Å². The van der Waals surface area contributed by atoms with Crippen molar-refractivity contribution in [3.8, 4) is 0 Å². The Morgan fingerprint density at radius 2 is 1.96 bits per heavy atom. The summed E-state index contributed by atoms with van der Waals surface area (Å²) in [7, 11) is 0. The molecule has 4 nitrogen and oxygen atoms in total. The van der Waals surface area contributed by atoms with Crippen LogP contribution in [-0.2, 0) is 17.7 Å². The van der Waals surface area contributed by atoms with Crippen LogP contribution in [0.1, 0.15) is 61.5 Å². The fourth-order valence-corrected chi connectivity index (χ4v) is 4.69. The molecule has 0 atom stereocenters. The molecule has 1 saturated heterocycles. The lowest BCUT2D eigenvalue weighted by molar-refractivity contribution is 0.0372. The molecule has 0 spiro atoms. The Balaban J connectivity index is 1.41. The van der Waals surface area contributed by atoms with Crippen molar-refractivity contribution in [2.24, 2.45) is 5.92 Å². The molecule has 0 saturated carbocycles. The first-order valence-corrected chi connectivity index (χ1v) is 10.8. The average molecular weight is 369 g/mol. The molecule has 2 aliphatic heterocycles. The van der Waals surface area contributed by atoms with Crippen LogP contribution >= 0.6 is 0 Å². The molecule has 4 heteroatoms. The SMILES string of the molecule is CCCCN1CCC(COC(=O)c2c3n(c4ccccc24)CCCC3)CC1. The first kappa shape index (κ1) is 18.5. The van der Waals surface area contributed by atoms with E-state index >= 15 is 0 Å². The Morgan fingerprint density at radius 1 is 1.15 bits per heavy atom. The van der Waals surface area contributed by atoms with Crippen LogP contribution < -0.4 is 0 Å². The van der Waals surface area contributed by atoms with E-state index in [0.717, 1.165) is 56.3 Å². The van der Waals surface area contributed by atoms with Crippen molar-refractivity contribution >= 4 is 16.9 Å². The molecule has 146 valence electrons. The molecule has 0 amide bonds. The number of fused-ring (bicyclic) bond motifs is 3. The van der Waals surface area contributed by atoms with Gasteiger partial charge in [0.1, 0.15) is 0 Å². The molecule has 4 rings (SSSR count). The number of carbonyl (C=O) groups excluding carboxylic acids is 1. The van der Waals surface area contributed by atoms with Crippen LogP contribution in [0.3, 0.4) is 0 Å². The highest BCUT2D eigenvalue weighted by Gasteiger charge is 2.26. The smallest absolute Gasteiger partial charge is 0.340 e. The highest BCUT2D eigenvalue weighted by Crippen LogP contribution is 2.31. The standard InChI is InChI=1S/C23H32N2O2/c1-2-3-13-24-15-11-18(12-16-24)17-27-23(26)22-19-8-4-5-9-20(19)25-14-7-6-10-21(22)25/h4-5,8-9,18H,2-3,6-7,10-17H2,1H3. The largest absolute Gasteiger partial charge is 0.462 e. The number of likely N-dealkylation sites (tertiary alicyclic amines) is 1. The molecule has 0 unspecified atom stereocenters. The second-order valence-corrected chi connectivity index (χ2v) is 8.18. The Kier molecular flexibility index (Phi) is 5.82. The lowest BCUT2D eigenvalue weighted by atomic mass is 9.97. The third kappa shape index (κ3) is 3.91. The average Bonchev–Trinajstić information content (AvgIpc) is 3.06. The van der Waals surface area contributed by atoms with E-state index in [1.54, 1.807) is 0 Å². The van der Waals surface area contributed by atoms with Crippen LogP contribution in [0.15, 0.2) is 24.3 Å². The van der Waals surface area contributed by atoms with Crippen LogP contribution in [-0.4, -0.2) is 41.7 Å². The predicted molar refractivity (Wildman–Crippen MR) is 109 cm³/mol. The number of nitrogens with zero attached hydrogens (tertiary/aromatic N) is 2. The minimum atomic E-state index is -0.115. The van der Waals surface area contributed by atoms with Crippen LogP contribution in [0.25, 0.3) is 10.9 Å². The van der Waals surface area contributed by atoms with E-state index in [0.29, 0.717) is 12.5 Å². The van der Waals surface area contributed by atoms with Crippen LogP contribution in [0.5, 0.6) is 0 Å². The third-order valence-corrected chi connectivity index (χ3v) is 6.31. The van der Waals surface area contributed by atoms with Gasteiger partial charge in [0.2, 0.25) is 0 Å². The lowest BCUT2D eigenvalue weighted by Gasteiger charge is -2.31. The van der Waals surface area contributed by atoms with Crippen LogP contribution in [0, 0.1) is 5.92 Å². The number of aromatic nitrogens is 1. The number of benzene rings is 1. The number of piperidine rings is 1. The van der Waals surface area contributed by atoms with Crippen molar-refractivity contribution in [2.75, 3.05) is 26.2 Å². The van der Waals surface area contributed by atoms with Gasteiger partial charge in [-0.1, -0.05) is 31.5 Å². The number of ether oxygens (including phenoxy) is 1. The van der Waals surface area contributed by atoms with E-state index in [1.165, 1.54) is 37.0 Å². The summed E-state index contributed by atoms with van der Waals surface area (Å²) in [6, 6.07) is 8.29. The van der Waals surface area contributed by atoms with Gasteiger partial charge in [-0.2, -0.15) is 0 Å². The summed E-state index contributed by atoms with van der Waals surface area (Å²) in [4.78, 5) is 15.5. The molecule has 0 aliphatic carbocycles. The highest BCUT2D eigenvalue weighted by molar-refractivity contribution is 6.06. The van der Waals surface area contributed by atoms with Gasteiger partial charge >= 0.3 is 5.97 Å². The summed E-state index contributed by atoms with van der Waals surface area (Å²) in [5.74, 6) is 0.395. The molecule has 2 aromatic rings. The van der Waals surface area contributed by atoms with E-state index < -0.39 is 0 Å². The Bertz CT molecular complexity index is 787. The van der Waals surface area contributed by atoms with E-state index in [1.807, 2.05) is 6.07 Å². The Labute approximate surface area is 162 Å². The van der Waals surface area contributed by atoms with Crippen molar-refractivity contribution in [3.05, 3.63) is 35.5 Å². The van der Waals surface area contributed by atoms with Gasteiger partial charge in [0, 0.05) is 23.1 Å². The topological polar surface area (TPSA) is 34.5 Å². The monoisotopic (exact) mass is 368 g/mol.